The van der Waals surface area contributed by atoms with Gasteiger partial charge in [0, 0.05) is 11.1 Å². The number of ether oxygens (including phenoxy) is 2. The van der Waals surface area contributed by atoms with Gasteiger partial charge in [0.1, 0.15) is 6.61 Å². The Morgan fingerprint density at radius 3 is 2.62 bits per heavy atom. The quantitative estimate of drug-likeness (QED) is 0.909. The van der Waals surface area contributed by atoms with Gasteiger partial charge >= 0.3 is 0 Å². The number of hydrogen-bond acceptors (Lipinski definition) is 3. The van der Waals surface area contributed by atoms with E-state index >= 15 is 0 Å². The van der Waals surface area contributed by atoms with Gasteiger partial charge in [0.15, 0.2) is 11.5 Å². The summed E-state index contributed by atoms with van der Waals surface area (Å²) in [5, 5.41) is 0.632. The van der Waals surface area contributed by atoms with Gasteiger partial charge in [0.25, 0.3) is 0 Å². The maximum absolute atomic E-state index is 5.92. The van der Waals surface area contributed by atoms with Crippen LogP contribution in [0.1, 0.15) is 12.8 Å². The Bertz CT molecular complexity index is 367. The average molecular weight is 264 g/mol. The highest BCUT2D eigenvalue weighted by Crippen LogP contribution is 2.35. The number of methoxy groups -OCH3 is 1. The maximum Gasteiger partial charge on any atom is 0.162 e. The van der Waals surface area contributed by atoms with Crippen LogP contribution in [0.4, 0.5) is 0 Å². The second-order valence-electron chi connectivity index (χ2n) is 3.95. The molecule has 1 aliphatic rings. The number of halogens is 2. The molecule has 0 spiro atoms. The van der Waals surface area contributed by atoms with Crippen molar-refractivity contribution in [1.82, 2.24) is 0 Å². The minimum absolute atomic E-state index is 0. The van der Waals surface area contributed by atoms with Crippen LogP contribution in [0.3, 0.4) is 0 Å². The van der Waals surface area contributed by atoms with Crippen LogP contribution < -0.4 is 15.2 Å². The zero-order chi connectivity index (χ0) is 10.9. The number of benzene rings is 1. The van der Waals surface area contributed by atoms with Crippen LogP contribution in [0.5, 0.6) is 11.5 Å². The Balaban J connectivity index is 0.00000128. The molecule has 0 saturated heterocycles. The molecule has 1 fully saturated rings. The second-order valence-corrected chi connectivity index (χ2v) is 4.38. The fourth-order valence-electron chi connectivity index (χ4n) is 1.29. The summed E-state index contributed by atoms with van der Waals surface area (Å²) in [6.45, 7) is 0.533. The first-order chi connectivity index (χ1) is 7.13. The van der Waals surface area contributed by atoms with Gasteiger partial charge < -0.3 is 15.2 Å². The summed E-state index contributed by atoms with van der Waals surface area (Å²) in [4.78, 5) is 0. The second kappa shape index (κ2) is 5.13. The Kier molecular flexibility index (Phi) is 4.30. The van der Waals surface area contributed by atoms with Gasteiger partial charge in [-0.15, -0.1) is 12.4 Å². The number of nitrogens with two attached hydrogens (primary N) is 1. The molecule has 2 N–H and O–H groups in total. The molecule has 0 atom stereocenters. The average Bonchev–Trinajstić information content (AvgIpc) is 2.95. The molecule has 2 rings (SSSR count). The van der Waals surface area contributed by atoms with Gasteiger partial charge in [0.05, 0.1) is 12.6 Å². The molecule has 0 aromatic heterocycles. The highest BCUT2D eigenvalue weighted by Gasteiger charge is 2.39. The van der Waals surface area contributed by atoms with E-state index in [1.807, 2.05) is 0 Å². The van der Waals surface area contributed by atoms with E-state index in [1.54, 1.807) is 25.3 Å². The predicted octanol–water partition coefficient (Wildman–Crippen LogP) is 2.64. The molecule has 0 radical (unpaired) electrons. The number of hydrogen-bond donors (Lipinski definition) is 1. The van der Waals surface area contributed by atoms with Crippen molar-refractivity contribution in [2.45, 2.75) is 18.4 Å². The maximum atomic E-state index is 5.92. The van der Waals surface area contributed by atoms with Crippen LogP contribution >= 0.6 is 24.0 Å². The lowest BCUT2D eigenvalue weighted by Crippen LogP contribution is -2.29. The number of rotatable bonds is 4. The molecule has 0 bridgehead atoms. The van der Waals surface area contributed by atoms with Crippen molar-refractivity contribution in [3.05, 3.63) is 23.2 Å². The van der Waals surface area contributed by atoms with Crippen molar-refractivity contribution in [1.29, 1.82) is 0 Å². The largest absolute Gasteiger partial charge is 0.493 e. The van der Waals surface area contributed by atoms with Crippen LogP contribution in [0.15, 0.2) is 18.2 Å². The Morgan fingerprint density at radius 2 is 2.06 bits per heavy atom. The SMILES string of the molecule is COc1cc(Cl)ccc1OCC1(N)CC1.Cl. The Labute approximate surface area is 106 Å². The van der Waals surface area contributed by atoms with Crippen molar-refractivity contribution >= 4 is 24.0 Å². The zero-order valence-electron chi connectivity index (χ0n) is 9.03. The lowest BCUT2D eigenvalue weighted by atomic mass is 10.3. The summed E-state index contributed by atoms with van der Waals surface area (Å²) < 4.78 is 10.8. The first kappa shape index (κ1) is 13.4. The van der Waals surface area contributed by atoms with E-state index in [9.17, 15) is 0 Å². The van der Waals surface area contributed by atoms with Crippen molar-refractivity contribution in [3.63, 3.8) is 0 Å². The predicted molar refractivity (Wildman–Crippen MR) is 66.9 cm³/mol. The summed E-state index contributed by atoms with van der Waals surface area (Å²) in [7, 11) is 1.59. The van der Waals surface area contributed by atoms with Gasteiger partial charge in [-0.3, -0.25) is 0 Å². The fraction of sp³-hybridized carbons (Fsp3) is 0.455. The summed E-state index contributed by atoms with van der Waals surface area (Å²) in [5.41, 5.74) is 5.80. The third-order valence-corrected chi connectivity index (χ3v) is 2.77. The van der Waals surface area contributed by atoms with Crippen molar-refractivity contribution < 1.29 is 9.47 Å². The molecule has 16 heavy (non-hydrogen) atoms. The zero-order valence-corrected chi connectivity index (χ0v) is 10.6. The molecule has 1 aromatic rings. The standard InChI is InChI=1S/C11H14ClNO2.ClH/c1-14-10-6-8(12)2-3-9(10)15-7-11(13)4-5-11;/h2-3,6H,4-5,7,13H2,1H3;1H. The Morgan fingerprint density at radius 1 is 1.38 bits per heavy atom. The molecular formula is C11H15Cl2NO2. The van der Waals surface area contributed by atoms with Gasteiger partial charge in [-0.1, -0.05) is 11.6 Å². The molecule has 0 amide bonds. The molecule has 3 nitrogen and oxygen atoms in total. The smallest absolute Gasteiger partial charge is 0.162 e. The van der Waals surface area contributed by atoms with Crippen LogP contribution in [-0.2, 0) is 0 Å². The lowest BCUT2D eigenvalue weighted by Gasteiger charge is -2.13. The van der Waals surface area contributed by atoms with E-state index in [2.05, 4.69) is 0 Å². The van der Waals surface area contributed by atoms with Crippen molar-refractivity contribution in [2.75, 3.05) is 13.7 Å². The summed E-state index contributed by atoms with van der Waals surface area (Å²) in [5.74, 6) is 1.34. The van der Waals surface area contributed by atoms with E-state index in [-0.39, 0.29) is 17.9 Å². The molecule has 90 valence electrons. The molecule has 0 unspecified atom stereocenters. The first-order valence-electron chi connectivity index (χ1n) is 4.88. The molecule has 1 aromatic carbocycles. The van der Waals surface area contributed by atoms with Gasteiger partial charge in [-0.25, -0.2) is 0 Å². The molecule has 0 aliphatic heterocycles. The summed E-state index contributed by atoms with van der Waals surface area (Å²) in [6, 6.07) is 5.30. The Hall–Kier alpha value is -0.640. The summed E-state index contributed by atoms with van der Waals surface area (Å²) in [6.07, 6.45) is 2.06. The van der Waals surface area contributed by atoms with Crippen LogP contribution in [-0.4, -0.2) is 19.3 Å². The van der Waals surface area contributed by atoms with Crippen LogP contribution in [0.25, 0.3) is 0 Å². The minimum atomic E-state index is -0.120. The molecular weight excluding hydrogens is 249 g/mol. The van der Waals surface area contributed by atoms with E-state index in [0.29, 0.717) is 23.1 Å². The van der Waals surface area contributed by atoms with Gasteiger partial charge in [-0.05, 0) is 25.0 Å². The van der Waals surface area contributed by atoms with Crippen LogP contribution in [0.2, 0.25) is 5.02 Å². The van der Waals surface area contributed by atoms with Crippen molar-refractivity contribution in [3.8, 4) is 11.5 Å². The molecule has 1 saturated carbocycles. The highest BCUT2D eigenvalue weighted by molar-refractivity contribution is 6.30. The highest BCUT2D eigenvalue weighted by atomic mass is 35.5. The monoisotopic (exact) mass is 263 g/mol. The molecule has 5 heteroatoms. The van der Waals surface area contributed by atoms with Gasteiger partial charge in [-0.2, -0.15) is 0 Å². The lowest BCUT2D eigenvalue weighted by molar-refractivity contribution is 0.264. The topological polar surface area (TPSA) is 44.5 Å². The normalized spacial score (nSPS) is 16.2. The summed E-state index contributed by atoms with van der Waals surface area (Å²) >= 11 is 5.84. The fourth-order valence-corrected chi connectivity index (χ4v) is 1.45. The molecule has 0 heterocycles. The van der Waals surface area contributed by atoms with E-state index in [1.165, 1.54) is 0 Å². The van der Waals surface area contributed by atoms with Crippen molar-refractivity contribution in [2.24, 2.45) is 5.73 Å². The van der Waals surface area contributed by atoms with Crippen LogP contribution in [0, 0.1) is 0 Å². The third kappa shape index (κ3) is 3.17. The van der Waals surface area contributed by atoms with Gasteiger partial charge in [0.2, 0.25) is 0 Å². The van der Waals surface area contributed by atoms with E-state index in [4.69, 9.17) is 26.8 Å². The van der Waals surface area contributed by atoms with E-state index in [0.717, 1.165) is 12.8 Å². The third-order valence-electron chi connectivity index (χ3n) is 2.53. The minimum Gasteiger partial charge on any atom is -0.493 e. The van der Waals surface area contributed by atoms with E-state index < -0.39 is 0 Å². The first-order valence-corrected chi connectivity index (χ1v) is 5.26. The molecule has 1 aliphatic carbocycles.